The summed E-state index contributed by atoms with van der Waals surface area (Å²) in [5.74, 6) is 0.161. The lowest BCUT2D eigenvalue weighted by atomic mass is 10.1. The van der Waals surface area contributed by atoms with Gasteiger partial charge in [-0.2, -0.15) is 0 Å². The average Bonchev–Trinajstić information content (AvgIpc) is 3.12. The Balaban J connectivity index is 0.000000519. The molecule has 0 unspecified atom stereocenters. The second-order valence-corrected chi connectivity index (χ2v) is 9.58. The first-order chi connectivity index (χ1) is 15.1. The van der Waals surface area contributed by atoms with E-state index in [1.165, 1.54) is 18.1 Å². The summed E-state index contributed by atoms with van der Waals surface area (Å²) in [7, 11) is 1.52. The van der Waals surface area contributed by atoms with Gasteiger partial charge in [-0.3, -0.25) is 15.1 Å². The standard InChI is InChI=1S/C12H14FNO2.C8H16O2.C5H11NO/c1-8(2)16-12(15)14-6-9-4-3-5-11(13)10(9)7-14;1-6(2)7(9)10-8(3,4)5;1-4(2)5(6)7-3/h3-5,8H,6-7H2,1-2H3;6H,1-5H3;4,6H,1-3H3. The lowest BCUT2D eigenvalue weighted by molar-refractivity contribution is -0.158. The highest BCUT2D eigenvalue weighted by Crippen LogP contribution is 2.25. The molecule has 0 atom stereocenters. The fourth-order valence-corrected chi connectivity index (χ4v) is 2.44. The number of carbonyl (C=O) groups excluding carboxylic acids is 2. The van der Waals surface area contributed by atoms with Crippen LogP contribution in [0.15, 0.2) is 18.2 Å². The van der Waals surface area contributed by atoms with Gasteiger partial charge >= 0.3 is 12.1 Å². The third kappa shape index (κ3) is 12.2. The summed E-state index contributed by atoms with van der Waals surface area (Å²) in [6.45, 7) is 17.4. The first kappa shape index (κ1) is 30.4. The van der Waals surface area contributed by atoms with Crippen LogP contribution in [0.25, 0.3) is 0 Å². The number of nitrogens with zero attached hydrogens (tertiary/aromatic N) is 1. The van der Waals surface area contributed by atoms with Crippen LogP contribution in [0.2, 0.25) is 0 Å². The van der Waals surface area contributed by atoms with Crippen molar-refractivity contribution in [2.24, 2.45) is 11.8 Å². The molecule has 0 spiro atoms. The van der Waals surface area contributed by atoms with Crippen molar-refractivity contribution in [2.75, 3.05) is 7.11 Å². The van der Waals surface area contributed by atoms with E-state index in [9.17, 15) is 14.0 Å². The molecule has 1 aromatic rings. The van der Waals surface area contributed by atoms with Gasteiger partial charge in [0.15, 0.2) is 5.90 Å². The maximum atomic E-state index is 13.4. The summed E-state index contributed by atoms with van der Waals surface area (Å²) in [4.78, 5) is 24.1. The van der Waals surface area contributed by atoms with Gasteiger partial charge in [0.2, 0.25) is 0 Å². The zero-order chi connectivity index (χ0) is 25.9. The van der Waals surface area contributed by atoms with Gasteiger partial charge in [-0.1, -0.05) is 39.8 Å². The van der Waals surface area contributed by atoms with Crippen molar-refractivity contribution in [2.45, 2.75) is 87.1 Å². The van der Waals surface area contributed by atoms with Crippen LogP contribution < -0.4 is 0 Å². The third-order valence-corrected chi connectivity index (χ3v) is 4.14. The molecular formula is C25H41FN2O5. The summed E-state index contributed by atoms with van der Waals surface area (Å²) in [6, 6.07) is 4.91. The van der Waals surface area contributed by atoms with Gasteiger partial charge in [0.05, 0.1) is 25.7 Å². The van der Waals surface area contributed by atoms with Gasteiger partial charge in [0.1, 0.15) is 11.4 Å². The molecule has 0 saturated carbocycles. The Bertz CT molecular complexity index is 785. The Morgan fingerprint density at radius 1 is 1.03 bits per heavy atom. The Labute approximate surface area is 198 Å². The minimum Gasteiger partial charge on any atom is -0.484 e. The Morgan fingerprint density at radius 2 is 1.61 bits per heavy atom. The number of ether oxygens (including phenoxy) is 3. The second kappa shape index (κ2) is 13.8. The van der Waals surface area contributed by atoms with Crippen LogP contribution in [0.4, 0.5) is 9.18 Å². The SMILES string of the molecule is CC(C)C(=O)OC(C)(C)C.CC(C)OC(=O)N1Cc2cccc(F)c2C1.COC(=N)C(C)C. The van der Waals surface area contributed by atoms with E-state index in [0.717, 1.165) is 5.56 Å². The molecule has 1 aliphatic heterocycles. The number of carbonyl (C=O) groups is 2. The van der Waals surface area contributed by atoms with Crippen LogP contribution in [0.1, 0.15) is 73.4 Å². The van der Waals surface area contributed by atoms with E-state index in [1.807, 2.05) is 54.5 Å². The van der Waals surface area contributed by atoms with E-state index >= 15 is 0 Å². The number of nitrogens with one attached hydrogen (secondary N) is 1. The second-order valence-electron chi connectivity index (χ2n) is 9.58. The van der Waals surface area contributed by atoms with Crippen molar-refractivity contribution in [3.05, 3.63) is 35.1 Å². The van der Waals surface area contributed by atoms with Crippen molar-refractivity contribution in [1.29, 1.82) is 5.41 Å². The smallest absolute Gasteiger partial charge is 0.410 e. The Morgan fingerprint density at radius 3 is 1.94 bits per heavy atom. The highest BCUT2D eigenvalue weighted by molar-refractivity contribution is 5.74. The molecule has 188 valence electrons. The maximum absolute atomic E-state index is 13.4. The number of rotatable bonds is 3. The summed E-state index contributed by atoms with van der Waals surface area (Å²) in [5, 5.41) is 6.97. The lowest BCUT2D eigenvalue weighted by Gasteiger charge is -2.20. The van der Waals surface area contributed by atoms with E-state index in [2.05, 4.69) is 4.74 Å². The van der Waals surface area contributed by atoms with Crippen LogP contribution in [0.5, 0.6) is 0 Å². The summed E-state index contributed by atoms with van der Waals surface area (Å²) < 4.78 is 28.1. The molecule has 1 N–H and O–H groups in total. The number of esters is 1. The van der Waals surface area contributed by atoms with Crippen LogP contribution >= 0.6 is 0 Å². The predicted molar refractivity (Wildman–Crippen MR) is 128 cm³/mol. The highest BCUT2D eigenvalue weighted by Gasteiger charge is 2.26. The van der Waals surface area contributed by atoms with Gasteiger partial charge < -0.3 is 14.2 Å². The van der Waals surface area contributed by atoms with Crippen LogP contribution in [0.3, 0.4) is 0 Å². The van der Waals surface area contributed by atoms with E-state index in [-0.39, 0.29) is 41.4 Å². The van der Waals surface area contributed by atoms with Crippen molar-refractivity contribution in [3.63, 3.8) is 0 Å². The molecule has 1 heterocycles. The molecule has 1 amide bonds. The predicted octanol–water partition coefficient (Wildman–Crippen LogP) is 5.94. The van der Waals surface area contributed by atoms with E-state index in [1.54, 1.807) is 19.9 Å². The Hall–Kier alpha value is -2.64. The molecular weight excluding hydrogens is 427 g/mol. The molecule has 0 fully saturated rings. The van der Waals surface area contributed by atoms with E-state index < -0.39 is 0 Å². The monoisotopic (exact) mass is 468 g/mol. The molecule has 0 saturated heterocycles. The molecule has 7 nitrogen and oxygen atoms in total. The van der Waals surface area contributed by atoms with Crippen molar-refractivity contribution in [1.82, 2.24) is 4.90 Å². The minimum absolute atomic E-state index is 0.0285. The van der Waals surface area contributed by atoms with Crippen LogP contribution in [-0.4, -0.2) is 41.7 Å². The molecule has 0 radical (unpaired) electrons. The quantitative estimate of drug-likeness (QED) is 0.337. The molecule has 8 heteroatoms. The minimum atomic E-state index is -0.384. The van der Waals surface area contributed by atoms with Gasteiger partial charge in [-0.25, -0.2) is 9.18 Å². The molecule has 2 rings (SSSR count). The highest BCUT2D eigenvalue weighted by atomic mass is 19.1. The van der Waals surface area contributed by atoms with Gasteiger partial charge in [0.25, 0.3) is 0 Å². The first-order valence-corrected chi connectivity index (χ1v) is 11.2. The van der Waals surface area contributed by atoms with Crippen LogP contribution in [0, 0.1) is 23.1 Å². The number of amides is 1. The van der Waals surface area contributed by atoms with Gasteiger partial charge in [-0.15, -0.1) is 0 Å². The van der Waals surface area contributed by atoms with E-state index in [4.69, 9.17) is 14.9 Å². The average molecular weight is 469 g/mol. The van der Waals surface area contributed by atoms with E-state index in [0.29, 0.717) is 24.6 Å². The first-order valence-electron chi connectivity index (χ1n) is 11.2. The number of hydrogen-bond donors (Lipinski definition) is 1. The Kier molecular flexibility index (Phi) is 12.7. The van der Waals surface area contributed by atoms with Crippen molar-refractivity contribution in [3.8, 4) is 0 Å². The van der Waals surface area contributed by atoms with Crippen molar-refractivity contribution >= 4 is 18.0 Å². The molecule has 33 heavy (non-hydrogen) atoms. The zero-order valence-corrected chi connectivity index (χ0v) is 21.7. The molecule has 1 aliphatic rings. The zero-order valence-electron chi connectivity index (χ0n) is 21.7. The van der Waals surface area contributed by atoms with Gasteiger partial charge in [0, 0.05) is 18.0 Å². The number of halogens is 1. The fraction of sp³-hybridized carbons (Fsp3) is 0.640. The normalized spacial score (nSPS) is 12.4. The van der Waals surface area contributed by atoms with Crippen molar-refractivity contribution < 1.29 is 28.2 Å². The lowest BCUT2D eigenvalue weighted by Crippen LogP contribution is -2.28. The maximum Gasteiger partial charge on any atom is 0.410 e. The van der Waals surface area contributed by atoms with Crippen LogP contribution in [-0.2, 0) is 32.1 Å². The molecule has 0 aliphatic carbocycles. The summed E-state index contributed by atoms with van der Waals surface area (Å²) in [5.41, 5.74) is 1.12. The number of benzene rings is 1. The van der Waals surface area contributed by atoms with Gasteiger partial charge in [-0.05, 0) is 46.2 Å². The summed E-state index contributed by atoms with van der Waals surface area (Å²) in [6.07, 6.45) is -0.536. The largest absolute Gasteiger partial charge is 0.484 e. The molecule has 0 bridgehead atoms. The number of methoxy groups -OCH3 is 1. The molecule has 1 aromatic carbocycles. The fourth-order valence-electron chi connectivity index (χ4n) is 2.44. The number of fused-ring (bicyclic) bond motifs is 1. The number of hydrogen-bond acceptors (Lipinski definition) is 6. The summed E-state index contributed by atoms with van der Waals surface area (Å²) >= 11 is 0. The third-order valence-electron chi connectivity index (χ3n) is 4.14. The topological polar surface area (TPSA) is 88.9 Å². The molecule has 0 aromatic heterocycles.